The molecule has 0 saturated carbocycles. The van der Waals surface area contributed by atoms with Crippen LogP contribution in [0.3, 0.4) is 0 Å². The topological polar surface area (TPSA) is 83.9 Å². The highest BCUT2D eigenvalue weighted by Crippen LogP contribution is 2.37. The van der Waals surface area contributed by atoms with Gasteiger partial charge in [0.05, 0.1) is 13.2 Å². The lowest BCUT2D eigenvalue weighted by molar-refractivity contribution is -0.143. The van der Waals surface area contributed by atoms with Gasteiger partial charge >= 0.3 is 5.97 Å². The number of anilines is 1. The molecular weight excluding hydrogens is 473 g/mol. The van der Waals surface area contributed by atoms with Crippen molar-refractivity contribution in [3.63, 3.8) is 0 Å². The predicted octanol–water partition coefficient (Wildman–Crippen LogP) is 5.56. The molecule has 2 aliphatic rings. The van der Waals surface area contributed by atoms with Gasteiger partial charge in [0.1, 0.15) is 11.9 Å². The quantitative estimate of drug-likeness (QED) is 0.360. The third-order valence-corrected chi connectivity index (χ3v) is 7.58. The van der Waals surface area contributed by atoms with Gasteiger partial charge in [-0.3, -0.25) is 9.69 Å². The van der Waals surface area contributed by atoms with Crippen molar-refractivity contribution >= 4 is 11.8 Å². The number of aromatic nitrogens is 1. The number of carboxylic acids is 1. The van der Waals surface area contributed by atoms with E-state index in [0.29, 0.717) is 31.3 Å². The van der Waals surface area contributed by atoms with Crippen LogP contribution in [0.25, 0.3) is 0 Å². The summed E-state index contributed by atoms with van der Waals surface area (Å²) in [6.07, 6.45) is 9.15. The second kappa shape index (κ2) is 12.7. The minimum Gasteiger partial charge on any atom is -0.493 e. The molecule has 37 heavy (non-hydrogen) atoms. The van der Waals surface area contributed by atoms with E-state index in [0.717, 1.165) is 56.3 Å². The van der Waals surface area contributed by atoms with Crippen LogP contribution in [0.1, 0.15) is 81.0 Å². The number of methoxy groups -OCH3 is 1. The molecular formula is C29H40FN3O4. The highest BCUT2D eigenvalue weighted by molar-refractivity contribution is 5.77. The van der Waals surface area contributed by atoms with E-state index < -0.39 is 17.8 Å². The number of hydrogen-bond acceptors (Lipinski definition) is 6. The molecule has 1 saturated heterocycles. The monoisotopic (exact) mass is 513 g/mol. The van der Waals surface area contributed by atoms with Crippen molar-refractivity contribution in [3.05, 3.63) is 53.0 Å². The van der Waals surface area contributed by atoms with E-state index in [-0.39, 0.29) is 17.8 Å². The molecule has 0 unspecified atom stereocenters. The number of carbonyl (C=O) groups is 1. The molecule has 1 aromatic carbocycles. The molecule has 2 aromatic rings. The van der Waals surface area contributed by atoms with Crippen molar-refractivity contribution in [1.29, 1.82) is 0 Å². The van der Waals surface area contributed by atoms with Crippen LogP contribution in [-0.4, -0.2) is 59.9 Å². The van der Waals surface area contributed by atoms with E-state index in [9.17, 15) is 14.3 Å². The first-order valence-electron chi connectivity index (χ1n) is 13.5. The number of fused-ring (bicyclic) bond motifs is 1. The normalized spacial score (nSPS) is 20.5. The Hall–Kier alpha value is -2.71. The number of benzene rings is 1. The zero-order chi connectivity index (χ0) is 26.4. The fourth-order valence-corrected chi connectivity index (χ4v) is 5.50. The predicted molar refractivity (Wildman–Crippen MR) is 142 cm³/mol. The van der Waals surface area contributed by atoms with Gasteiger partial charge < -0.3 is 19.9 Å². The van der Waals surface area contributed by atoms with Crippen molar-refractivity contribution in [3.8, 4) is 5.75 Å². The molecule has 202 valence electrons. The van der Waals surface area contributed by atoms with Gasteiger partial charge in [-0.1, -0.05) is 32.8 Å². The molecule has 4 rings (SSSR count). The molecule has 1 fully saturated rings. The van der Waals surface area contributed by atoms with Crippen molar-refractivity contribution in [1.82, 2.24) is 9.88 Å². The lowest BCUT2D eigenvalue weighted by Crippen LogP contribution is -2.34. The first-order valence-corrected chi connectivity index (χ1v) is 13.5. The first kappa shape index (κ1) is 27.3. The molecule has 0 amide bonds. The zero-order valence-electron chi connectivity index (χ0n) is 22.2. The number of aliphatic carboxylic acids is 1. The fraction of sp³-hybridized carbons (Fsp3) is 0.586. The minimum absolute atomic E-state index is 0.00731. The van der Waals surface area contributed by atoms with Crippen LogP contribution in [0.5, 0.6) is 5.75 Å². The van der Waals surface area contributed by atoms with Crippen molar-refractivity contribution in [2.24, 2.45) is 0 Å². The van der Waals surface area contributed by atoms with Crippen molar-refractivity contribution in [2.75, 3.05) is 32.1 Å². The second-order valence-electron chi connectivity index (χ2n) is 10.5. The summed E-state index contributed by atoms with van der Waals surface area (Å²) >= 11 is 0. The van der Waals surface area contributed by atoms with Crippen LogP contribution in [0.2, 0.25) is 0 Å². The van der Waals surface area contributed by atoms with Gasteiger partial charge in [-0.25, -0.2) is 9.37 Å². The van der Waals surface area contributed by atoms with Crippen LogP contribution >= 0.6 is 0 Å². The van der Waals surface area contributed by atoms with Gasteiger partial charge in [0.2, 0.25) is 0 Å². The van der Waals surface area contributed by atoms with Gasteiger partial charge in [0.15, 0.2) is 11.6 Å². The lowest BCUT2D eigenvalue weighted by atomic mass is 9.95. The number of nitrogens with one attached hydrogen (secondary N) is 1. The summed E-state index contributed by atoms with van der Waals surface area (Å²) in [5, 5.41) is 13.6. The molecule has 0 spiro atoms. The van der Waals surface area contributed by atoms with Crippen molar-refractivity contribution in [2.45, 2.75) is 82.9 Å². The van der Waals surface area contributed by atoms with E-state index in [1.54, 1.807) is 6.07 Å². The van der Waals surface area contributed by atoms with Crippen LogP contribution in [-0.2, 0) is 16.0 Å². The molecule has 0 aliphatic carbocycles. The maximum Gasteiger partial charge on any atom is 0.325 e. The molecule has 3 heterocycles. The van der Waals surface area contributed by atoms with E-state index >= 15 is 0 Å². The summed E-state index contributed by atoms with van der Waals surface area (Å²) in [6.45, 7) is 5.68. The zero-order valence-corrected chi connectivity index (χ0v) is 22.2. The average molecular weight is 514 g/mol. The lowest BCUT2D eigenvalue weighted by Gasteiger charge is -2.27. The van der Waals surface area contributed by atoms with E-state index in [2.05, 4.69) is 16.4 Å². The van der Waals surface area contributed by atoms with Crippen LogP contribution in [0, 0.1) is 5.82 Å². The minimum atomic E-state index is -1.01. The summed E-state index contributed by atoms with van der Waals surface area (Å²) in [5.74, 6) is -0.416. The Morgan fingerprint density at radius 3 is 2.86 bits per heavy atom. The van der Waals surface area contributed by atoms with Gasteiger partial charge in [0.25, 0.3) is 0 Å². The maximum atomic E-state index is 14.7. The summed E-state index contributed by atoms with van der Waals surface area (Å²) in [6, 6.07) is 6.85. The smallest absolute Gasteiger partial charge is 0.325 e. The fourth-order valence-electron chi connectivity index (χ4n) is 5.50. The molecule has 0 radical (unpaired) electrons. The standard InChI is InChI=1S/C29H40FN3O4/c1-19(2)21-16-24(27(36-3)25(30)17-21)26(29(34)35)33-14-12-23(18-33)37-15-6-4-5-9-22-11-10-20-8-7-13-31-28(20)32-22/h7-8,13,16-17,19,22-23,26H,4-6,9-12,14-15,18H2,1-3H3,(H,31,32)(H,34,35)/t22-,23-,26-/m1/s1. The number of rotatable bonds is 12. The van der Waals surface area contributed by atoms with E-state index in [4.69, 9.17) is 9.47 Å². The average Bonchev–Trinajstić information content (AvgIpc) is 3.33. The molecule has 2 N–H and O–H groups in total. The largest absolute Gasteiger partial charge is 0.493 e. The Labute approximate surface area is 219 Å². The molecule has 7 nitrogen and oxygen atoms in total. The third-order valence-electron chi connectivity index (χ3n) is 7.58. The highest BCUT2D eigenvalue weighted by Gasteiger charge is 2.36. The first-order chi connectivity index (χ1) is 17.9. The van der Waals surface area contributed by atoms with E-state index in [1.807, 2.05) is 31.0 Å². The number of likely N-dealkylation sites (tertiary alicyclic amines) is 1. The maximum absolute atomic E-state index is 14.7. The van der Waals surface area contributed by atoms with Crippen LogP contribution in [0.4, 0.5) is 10.2 Å². The van der Waals surface area contributed by atoms with Gasteiger partial charge in [0, 0.05) is 37.5 Å². The number of aryl methyl sites for hydroxylation is 1. The number of ether oxygens (including phenoxy) is 2. The summed E-state index contributed by atoms with van der Waals surface area (Å²) < 4.78 is 26.1. The molecule has 1 aromatic heterocycles. The Morgan fingerprint density at radius 1 is 1.27 bits per heavy atom. The Balaban J connectivity index is 1.23. The Morgan fingerprint density at radius 2 is 2.11 bits per heavy atom. The summed E-state index contributed by atoms with van der Waals surface area (Å²) in [4.78, 5) is 18.6. The number of hydrogen-bond donors (Lipinski definition) is 2. The number of unbranched alkanes of at least 4 members (excludes halogenated alkanes) is 2. The number of carboxylic acid groups (broad SMARTS) is 1. The SMILES string of the molecule is COc1c(F)cc(C(C)C)cc1[C@H](C(=O)O)N1CC[C@@H](OCCCCC[C@@H]2CCc3cccnc3N2)C1. The summed E-state index contributed by atoms with van der Waals surface area (Å²) in [5.41, 5.74) is 2.43. The highest BCUT2D eigenvalue weighted by atomic mass is 19.1. The molecule has 3 atom stereocenters. The molecule has 0 bridgehead atoms. The number of pyridine rings is 1. The van der Waals surface area contributed by atoms with Crippen LogP contribution < -0.4 is 10.1 Å². The molecule has 8 heteroatoms. The Bertz CT molecular complexity index is 1060. The second-order valence-corrected chi connectivity index (χ2v) is 10.5. The van der Waals surface area contributed by atoms with Gasteiger partial charge in [-0.15, -0.1) is 0 Å². The summed E-state index contributed by atoms with van der Waals surface area (Å²) in [7, 11) is 1.38. The van der Waals surface area contributed by atoms with E-state index in [1.165, 1.54) is 18.7 Å². The third kappa shape index (κ3) is 6.79. The number of halogens is 1. The van der Waals surface area contributed by atoms with Gasteiger partial charge in [-0.05, 0) is 67.3 Å². The Kier molecular flexibility index (Phi) is 9.38. The molecule has 2 aliphatic heterocycles. The number of nitrogens with zero attached hydrogens (tertiary/aromatic N) is 2. The van der Waals surface area contributed by atoms with Crippen molar-refractivity contribution < 1.29 is 23.8 Å². The van der Waals surface area contributed by atoms with Crippen LogP contribution in [0.15, 0.2) is 30.5 Å². The van der Waals surface area contributed by atoms with Gasteiger partial charge in [-0.2, -0.15) is 0 Å².